The molecule has 0 spiro atoms. The van der Waals surface area contributed by atoms with Crippen LogP contribution in [0.1, 0.15) is 21.5 Å². The van der Waals surface area contributed by atoms with Crippen LogP contribution in [0.5, 0.6) is 0 Å². The highest BCUT2D eigenvalue weighted by Crippen LogP contribution is 2.25. The molecule has 8 heteroatoms. The summed E-state index contributed by atoms with van der Waals surface area (Å²) in [5, 5.41) is 13.6. The number of nitrogens with one attached hydrogen (secondary N) is 1. The highest BCUT2D eigenvalue weighted by atomic mass is 35.5. The van der Waals surface area contributed by atoms with Gasteiger partial charge in [-0.3, -0.25) is 14.9 Å². The van der Waals surface area contributed by atoms with Gasteiger partial charge in [-0.05, 0) is 35.4 Å². The maximum Gasteiger partial charge on any atom is 0.337 e. The molecule has 0 heterocycles. The van der Waals surface area contributed by atoms with Crippen LogP contribution >= 0.6 is 11.6 Å². The Morgan fingerprint density at radius 2 is 1.92 bits per heavy atom. The number of amides is 1. The van der Waals surface area contributed by atoms with Gasteiger partial charge in [0.2, 0.25) is 5.91 Å². The summed E-state index contributed by atoms with van der Waals surface area (Å²) < 4.78 is 4.61. The van der Waals surface area contributed by atoms with E-state index in [9.17, 15) is 19.7 Å². The zero-order valence-corrected chi connectivity index (χ0v) is 14.5. The first-order valence-electron chi connectivity index (χ1n) is 7.48. The van der Waals surface area contributed by atoms with E-state index in [1.54, 1.807) is 30.3 Å². The molecule has 7 nitrogen and oxygen atoms in total. The summed E-state index contributed by atoms with van der Waals surface area (Å²) in [6.07, 6.45) is 2.73. The highest BCUT2D eigenvalue weighted by molar-refractivity contribution is 6.32. The third kappa shape index (κ3) is 5.15. The van der Waals surface area contributed by atoms with Gasteiger partial charge < -0.3 is 10.1 Å². The van der Waals surface area contributed by atoms with Crippen LogP contribution < -0.4 is 5.32 Å². The van der Waals surface area contributed by atoms with Crippen molar-refractivity contribution < 1.29 is 19.2 Å². The predicted molar refractivity (Wildman–Crippen MR) is 96.8 cm³/mol. The normalized spacial score (nSPS) is 10.5. The van der Waals surface area contributed by atoms with Crippen molar-refractivity contribution in [3.8, 4) is 0 Å². The minimum atomic E-state index is -0.586. The lowest BCUT2D eigenvalue weighted by Crippen LogP contribution is -2.20. The molecule has 26 heavy (non-hydrogen) atoms. The number of esters is 1. The second-order valence-electron chi connectivity index (χ2n) is 5.21. The fourth-order valence-corrected chi connectivity index (χ4v) is 2.26. The Bertz CT molecular complexity index is 862. The van der Waals surface area contributed by atoms with Gasteiger partial charge >= 0.3 is 5.97 Å². The number of rotatable bonds is 6. The molecule has 0 bridgehead atoms. The number of nitrogens with zero attached hydrogens (tertiary/aromatic N) is 1. The maximum absolute atomic E-state index is 11.9. The molecule has 0 aliphatic carbocycles. The summed E-state index contributed by atoms with van der Waals surface area (Å²) in [7, 11) is 1.30. The molecule has 0 aliphatic heterocycles. The van der Waals surface area contributed by atoms with Gasteiger partial charge in [0.05, 0.1) is 17.6 Å². The number of carbonyl (C=O) groups excluding carboxylic acids is 2. The van der Waals surface area contributed by atoms with Gasteiger partial charge in [-0.25, -0.2) is 4.79 Å². The number of benzene rings is 2. The number of halogens is 1. The number of carbonyl (C=O) groups is 2. The molecule has 0 atom stereocenters. The van der Waals surface area contributed by atoms with Crippen molar-refractivity contribution in [1.82, 2.24) is 5.32 Å². The number of hydrogen-bond donors (Lipinski definition) is 1. The standard InChI is InChI=1S/C18H15ClN2O5/c1-26-18(23)14-6-2-13(3-7-14)11-20-17(22)9-5-12-4-8-15(19)16(10-12)21(24)25/h2-10H,11H2,1H3,(H,20,22)/b9-5+. The monoisotopic (exact) mass is 374 g/mol. The van der Waals surface area contributed by atoms with Crippen molar-refractivity contribution in [3.63, 3.8) is 0 Å². The summed E-state index contributed by atoms with van der Waals surface area (Å²) in [5.74, 6) is -0.791. The molecule has 0 aliphatic rings. The van der Waals surface area contributed by atoms with Crippen LogP contribution in [0.3, 0.4) is 0 Å². The summed E-state index contributed by atoms with van der Waals surface area (Å²) in [6.45, 7) is 0.269. The fourth-order valence-electron chi connectivity index (χ4n) is 2.07. The predicted octanol–water partition coefficient (Wildman–Crippen LogP) is 3.36. The zero-order chi connectivity index (χ0) is 19.1. The Hall–Kier alpha value is -3.19. The molecule has 134 valence electrons. The first-order valence-corrected chi connectivity index (χ1v) is 7.85. The lowest BCUT2D eigenvalue weighted by atomic mass is 10.1. The number of nitro groups is 1. The molecule has 0 unspecified atom stereocenters. The SMILES string of the molecule is COC(=O)c1ccc(CNC(=O)/C=C/c2ccc(Cl)c([N+](=O)[O-])c2)cc1. The highest BCUT2D eigenvalue weighted by Gasteiger charge is 2.11. The molecular weight excluding hydrogens is 360 g/mol. The Balaban J connectivity index is 1.94. The van der Waals surface area contributed by atoms with Crippen LogP contribution in [-0.2, 0) is 16.1 Å². The van der Waals surface area contributed by atoms with Crippen molar-refractivity contribution in [3.05, 3.63) is 80.4 Å². The average molecular weight is 375 g/mol. The van der Waals surface area contributed by atoms with Crippen molar-refractivity contribution in [2.75, 3.05) is 7.11 Å². The molecule has 2 rings (SSSR count). The van der Waals surface area contributed by atoms with E-state index in [2.05, 4.69) is 10.1 Å². The van der Waals surface area contributed by atoms with E-state index in [4.69, 9.17) is 11.6 Å². The summed E-state index contributed by atoms with van der Waals surface area (Å²) in [4.78, 5) is 33.5. The quantitative estimate of drug-likeness (QED) is 0.362. The van der Waals surface area contributed by atoms with Gasteiger partial charge in [0.15, 0.2) is 0 Å². The molecule has 0 fully saturated rings. The summed E-state index contributed by atoms with van der Waals surface area (Å²) in [6, 6.07) is 10.9. The molecule has 0 aromatic heterocycles. The van der Waals surface area contributed by atoms with E-state index in [0.29, 0.717) is 11.1 Å². The second-order valence-corrected chi connectivity index (χ2v) is 5.61. The minimum Gasteiger partial charge on any atom is -0.465 e. The molecule has 1 amide bonds. The zero-order valence-electron chi connectivity index (χ0n) is 13.8. The summed E-state index contributed by atoms with van der Waals surface area (Å²) >= 11 is 5.74. The van der Waals surface area contributed by atoms with Gasteiger partial charge in [0, 0.05) is 18.7 Å². The number of hydrogen-bond acceptors (Lipinski definition) is 5. The first-order chi connectivity index (χ1) is 12.4. The van der Waals surface area contributed by atoms with Crippen molar-refractivity contribution in [2.45, 2.75) is 6.54 Å². The topological polar surface area (TPSA) is 98.5 Å². The molecule has 0 saturated carbocycles. The molecule has 2 aromatic carbocycles. The van der Waals surface area contributed by atoms with Gasteiger partial charge in [-0.15, -0.1) is 0 Å². The van der Waals surface area contributed by atoms with E-state index in [0.717, 1.165) is 5.56 Å². The summed E-state index contributed by atoms with van der Waals surface area (Å²) in [5.41, 5.74) is 1.49. The van der Waals surface area contributed by atoms with E-state index < -0.39 is 10.9 Å². The lowest BCUT2D eigenvalue weighted by Gasteiger charge is -2.04. The second kappa shape index (κ2) is 8.77. The van der Waals surface area contributed by atoms with Gasteiger partial charge in [0.25, 0.3) is 5.69 Å². The number of ether oxygens (including phenoxy) is 1. The molecule has 0 saturated heterocycles. The molecule has 1 N–H and O–H groups in total. The van der Waals surface area contributed by atoms with Gasteiger partial charge in [0.1, 0.15) is 5.02 Å². The maximum atomic E-state index is 11.9. The van der Waals surface area contributed by atoms with E-state index in [1.807, 2.05) is 0 Å². The van der Waals surface area contributed by atoms with Crippen molar-refractivity contribution >= 4 is 35.2 Å². The van der Waals surface area contributed by atoms with Crippen LogP contribution in [0.2, 0.25) is 5.02 Å². The molecule has 2 aromatic rings. The van der Waals surface area contributed by atoms with Crippen LogP contribution in [0, 0.1) is 10.1 Å². The van der Waals surface area contributed by atoms with Crippen LogP contribution in [0.4, 0.5) is 5.69 Å². The Labute approximate surface area is 154 Å². The fraction of sp³-hybridized carbons (Fsp3) is 0.111. The van der Waals surface area contributed by atoms with E-state index in [1.165, 1.54) is 31.4 Å². The van der Waals surface area contributed by atoms with Crippen molar-refractivity contribution in [2.24, 2.45) is 0 Å². The van der Waals surface area contributed by atoms with E-state index >= 15 is 0 Å². The molecule has 0 radical (unpaired) electrons. The van der Waals surface area contributed by atoms with Crippen LogP contribution in [0.15, 0.2) is 48.5 Å². The Morgan fingerprint density at radius 3 is 2.54 bits per heavy atom. The first kappa shape index (κ1) is 19.1. The average Bonchev–Trinajstić information content (AvgIpc) is 2.65. The van der Waals surface area contributed by atoms with Gasteiger partial charge in [-0.2, -0.15) is 0 Å². The lowest BCUT2D eigenvalue weighted by molar-refractivity contribution is -0.384. The third-order valence-corrected chi connectivity index (χ3v) is 3.76. The minimum absolute atomic E-state index is 0.0343. The van der Waals surface area contributed by atoms with Crippen LogP contribution in [0.25, 0.3) is 6.08 Å². The number of nitro benzene ring substituents is 1. The Kier molecular flexibility index (Phi) is 6.46. The number of methoxy groups -OCH3 is 1. The van der Waals surface area contributed by atoms with E-state index in [-0.39, 0.29) is 23.2 Å². The Morgan fingerprint density at radius 1 is 1.23 bits per heavy atom. The third-order valence-electron chi connectivity index (χ3n) is 3.44. The van der Waals surface area contributed by atoms with Crippen LogP contribution in [-0.4, -0.2) is 23.9 Å². The van der Waals surface area contributed by atoms with Crippen molar-refractivity contribution in [1.29, 1.82) is 0 Å². The molecular formula is C18H15ClN2O5. The van der Waals surface area contributed by atoms with Gasteiger partial charge in [-0.1, -0.05) is 29.8 Å². The smallest absolute Gasteiger partial charge is 0.337 e. The largest absolute Gasteiger partial charge is 0.465 e.